The second-order valence-corrected chi connectivity index (χ2v) is 5.60. The Morgan fingerprint density at radius 3 is 2.76 bits per heavy atom. The maximum atomic E-state index is 12.2. The molecule has 0 spiro atoms. The maximum Gasteiger partial charge on any atom is 0.326 e. The van der Waals surface area contributed by atoms with Crippen molar-refractivity contribution in [2.75, 3.05) is 13.7 Å². The van der Waals surface area contributed by atoms with Gasteiger partial charge in [-0.3, -0.25) is 4.79 Å². The molecular weight excluding hydrogens is 268 g/mol. The molecule has 2 unspecified atom stereocenters. The molecule has 6 heteroatoms. The summed E-state index contributed by atoms with van der Waals surface area (Å²) < 4.78 is 7.04. The summed E-state index contributed by atoms with van der Waals surface area (Å²) in [6.07, 6.45) is 4.11. The van der Waals surface area contributed by atoms with Gasteiger partial charge < -0.3 is 10.1 Å². The maximum absolute atomic E-state index is 12.2. The number of rotatable bonds is 6. The van der Waals surface area contributed by atoms with Crippen molar-refractivity contribution in [3.05, 3.63) is 11.6 Å². The molecule has 21 heavy (non-hydrogen) atoms. The molecule has 1 fully saturated rings. The lowest BCUT2D eigenvalue weighted by molar-refractivity contribution is -0.148. The van der Waals surface area contributed by atoms with Crippen molar-refractivity contribution in [2.24, 2.45) is 0 Å². The minimum atomic E-state index is -0.572. The van der Waals surface area contributed by atoms with Gasteiger partial charge in [-0.05, 0) is 25.8 Å². The molecule has 1 aromatic rings. The van der Waals surface area contributed by atoms with Crippen molar-refractivity contribution in [2.45, 2.75) is 64.5 Å². The van der Waals surface area contributed by atoms with Crippen LogP contribution < -0.4 is 5.32 Å². The van der Waals surface area contributed by atoms with E-state index in [-0.39, 0.29) is 12.0 Å². The largest absolute Gasteiger partial charge is 0.468 e. The van der Waals surface area contributed by atoms with E-state index in [2.05, 4.69) is 29.2 Å². The monoisotopic (exact) mass is 294 g/mol. The van der Waals surface area contributed by atoms with Gasteiger partial charge in [0.1, 0.15) is 11.4 Å². The van der Waals surface area contributed by atoms with Crippen LogP contribution in [0.5, 0.6) is 0 Å². The van der Waals surface area contributed by atoms with Crippen LogP contribution >= 0.6 is 0 Å². The normalized spacial score (nSPS) is 25.2. The summed E-state index contributed by atoms with van der Waals surface area (Å²) in [6, 6.07) is 0.214. The highest BCUT2D eigenvalue weighted by Gasteiger charge is 2.47. The number of nitrogens with one attached hydrogen (secondary N) is 1. The van der Waals surface area contributed by atoms with Crippen molar-refractivity contribution in [1.29, 1.82) is 0 Å². The van der Waals surface area contributed by atoms with E-state index in [1.54, 1.807) is 0 Å². The predicted molar refractivity (Wildman–Crippen MR) is 80.1 cm³/mol. The van der Waals surface area contributed by atoms with Crippen LogP contribution in [0.3, 0.4) is 0 Å². The molecule has 1 heterocycles. The number of carbonyl (C=O) groups excluding carboxylic acids is 1. The lowest BCUT2D eigenvalue weighted by Crippen LogP contribution is -2.50. The third-order valence-electron chi connectivity index (χ3n) is 4.30. The third kappa shape index (κ3) is 2.95. The fraction of sp³-hybridized carbons (Fsp3) is 0.800. The fourth-order valence-electron chi connectivity index (χ4n) is 3.27. The zero-order chi connectivity index (χ0) is 15.5. The zero-order valence-corrected chi connectivity index (χ0v) is 13.5. The topological polar surface area (TPSA) is 69.0 Å². The molecule has 118 valence electrons. The van der Waals surface area contributed by atoms with E-state index < -0.39 is 5.54 Å². The minimum Gasteiger partial charge on any atom is -0.468 e. The molecule has 0 bridgehead atoms. The van der Waals surface area contributed by atoms with E-state index in [0.29, 0.717) is 6.42 Å². The number of ether oxygens (including phenoxy) is 1. The van der Waals surface area contributed by atoms with Gasteiger partial charge in [0.25, 0.3) is 0 Å². The van der Waals surface area contributed by atoms with E-state index in [0.717, 1.165) is 43.9 Å². The number of carbonyl (C=O) groups is 1. The van der Waals surface area contributed by atoms with Crippen LogP contribution in [0.15, 0.2) is 0 Å². The summed E-state index contributed by atoms with van der Waals surface area (Å²) in [4.78, 5) is 16.8. The highest BCUT2D eigenvalue weighted by molar-refractivity contribution is 5.81. The molecule has 6 nitrogen and oxygen atoms in total. The Morgan fingerprint density at radius 2 is 2.19 bits per heavy atom. The van der Waals surface area contributed by atoms with E-state index >= 15 is 0 Å². The Hall–Kier alpha value is -1.43. The third-order valence-corrected chi connectivity index (χ3v) is 4.30. The number of aryl methyl sites for hydroxylation is 2. The summed E-state index contributed by atoms with van der Waals surface area (Å²) in [7, 11) is 1.46. The average Bonchev–Trinajstić information content (AvgIpc) is 3.11. The lowest BCUT2D eigenvalue weighted by Gasteiger charge is -2.27. The highest BCUT2D eigenvalue weighted by Crippen LogP contribution is 2.38. The lowest BCUT2D eigenvalue weighted by atomic mass is 9.97. The van der Waals surface area contributed by atoms with E-state index in [1.807, 2.05) is 11.6 Å². The zero-order valence-electron chi connectivity index (χ0n) is 13.5. The first-order valence-electron chi connectivity index (χ1n) is 7.87. The van der Waals surface area contributed by atoms with E-state index in [1.165, 1.54) is 7.11 Å². The highest BCUT2D eigenvalue weighted by atomic mass is 16.5. The molecule has 1 aromatic heterocycles. The number of esters is 1. The van der Waals surface area contributed by atoms with Crippen molar-refractivity contribution in [3.8, 4) is 0 Å². The Labute approximate surface area is 126 Å². The van der Waals surface area contributed by atoms with Gasteiger partial charge in [-0.1, -0.05) is 20.8 Å². The fourth-order valence-corrected chi connectivity index (χ4v) is 3.27. The number of likely N-dealkylation sites (N-methyl/N-ethyl adjacent to an activating group) is 1. The molecule has 2 rings (SSSR count). The number of aromatic nitrogens is 3. The first-order valence-corrected chi connectivity index (χ1v) is 7.87. The molecule has 0 aliphatic heterocycles. The van der Waals surface area contributed by atoms with Gasteiger partial charge in [-0.25, -0.2) is 9.67 Å². The van der Waals surface area contributed by atoms with Gasteiger partial charge in [0.15, 0.2) is 5.82 Å². The molecule has 1 aliphatic rings. The standard InChI is InChI=1S/C15H26N4O2/c1-5-12-17-13(6-2)19(18-12)11-8-9-15(10-11,16-7-3)14(20)21-4/h11,16H,5-10H2,1-4H3. The van der Waals surface area contributed by atoms with Crippen molar-refractivity contribution in [3.63, 3.8) is 0 Å². The van der Waals surface area contributed by atoms with Crippen molar-refractivity contribution >= 4 is 5.97 Å². The average molecular weight is 294 g/mol. The molecule has 1 saturated carbocycles. The van der Waals surface area contributed by atoms with Crippen LogP contribution in [0.1, 0.15) is 57.7 Å². The first kappa shape index (κ1) is 15.9. The predicted octanol–water partition coefficient (Wildman–Crippen LogP) is 1.65. The van der Waals surface area contributed by atoms with Crippen LogP contribution in [-0.2, 0) is 22.4 Å². The summed E-state index contributed by atoms with van der Waals surface area (Å²) >= 11 is 0. The minimum absolute atomic E-state index is 0.166. The molecule has 0 saturated heterocycles. The molecule has 1 N–H and O–H groups in total. The van der Waals surface area contributed by atoms with Crippen molar-refractivity contribution < 1.29 is 9.53 Å². The molecule has 1 aliphatic carbocycles. The summed E-state index contributed by atoms with van der Waals surface area (Å²) in [6.45, 7) is 6.91. The molecule has 0 aromatic carbocycles. The second kappa shape index (κ2) is 6.56. The van der Waals surface area contributed by atoms with Gasteiger partial charge in [0, 0.05) is 12.8 Å². The SMILES string of the molecule is CCNC1(C(=O)OC)CCC(n2nc(CC)nc2CC)C1. The molecular formula is C15H26N4O2. The smallest absolute Gasteiger partial charge is 0.326 e. The van der Waals surface area contributed by atoms with Gasteiger partial charge in [0.05, 0.1) is 13.2 Å². The van der Waals surface area contributed by atoms with Gasteiger partial charge in [0.2, 0.25) is 0 Å². The number of methoxy groups -OCH3 is 1. The molecule has 0 radical (unpaired) electrons. The Kier molecular flexibility index (Phi) is 4.98. The Balaban J connectivity index is 2.24. The van der Waals surface area contributed by atoms with Crippen LogP contribution in [-0.4, -0.2) is 39.9 Å². The summed E-state index contributed by atoms with van der Waals surface area (Å²) in [5.74, 6) is 1.72. The second-order valence-electron chi connectivity index (χ2n) is 5.60. The quantitative estimate of drug-likeness (QED) is 0.808. The Bertz CT molecular complexity index is 500. The van der Waals surface area contributed by atoms with Gasteiger partial charge in [-0.2, -0.15) is 5.10 Å². The number of nitrogens with zero attached hydrogens (tertiary/aromatic N) is 3. The summed E-state index contributed by atoms with van der Waals surface area (Å²) in [5, 5.41) is 7.95. The number of hydrogen-bond acceptors (Lipinski definition) is 5. The van der Waals surface area contributed by atoms with Gasteiger partial charge in [-0.15, -0.1) is 0 Å². The van der Waals surface area contributed by atoms with Gasteiger partial charge >= 0.3 is 5.97 Å². The van der Waals surface area contributed by atoms with Crippen LogP contribution in [0.2, 0.25) is 0 Å². The molecule has 2 atom stereocenters. The van der Waals surface area contributed by atoms with Crippen molar-refractivity contribution in [1.82, 2.24) is 20.1 Å². The Morgan fingerprint density at radius 1 is 1.43 bits per heavy atom. The van der Waals surface area contributed by atoms with Crippen LogP contribution in [0, 0.1) is 0 Å². The first-order chi connectivity index (χ1) is 10.1. The summed E-state index contributed by atoms with van der Waals surface area (Å²) in [5.41, 5.74) is -0.572. The van der Waals surface area contributed by atoms with Crippen LogP contribution in [0.25, 0.3) is 0 Å². The molecule has 0 amide bonds. The van der Waals surface area contributed by atoms with Crippen LogP contribution in [0.4, 0.5) is 0 Å². The van der Waals surface area contributed by atoms with E-state index in [4.69, 9.17) is 4.74 Å². The number of hydrogen-bond donors (Lipinski definition) is 1. The van der Waals surface area contributed by atoms with E-state index in [9.17, 15) is 4.79 Å².